The maximum Gasteiger partial charge on any atom is 0.135 e. The lowest BCUT2D eigenvalue weighted by Crippen LogP contribution is -1.94. The monoisotopic (exact) mass is 722 g/mol. The Morgan fingerprint density at radius 3 is 1.44 bits per heavy atom. The van der Waals surface area contributed by atoms with Crippen molar-refractivity contribution in [2.75, 3.05) is 0 Å². The molecule has 0 radical (unpaired) electrons. The van der Waals surface area contributed by atoms with Crippen LogP contribution in [0.3, 0.4) is 0 Å². The summed E-state index contributed by atoms with van der Waals surface area (Å²) >= 11 is 0. The third-order valence-corrected chi connectivity index (χ3v) is 12.1. The molecule has 0 saturated carbocycles. The van der Waals surface area contributed by atoms with Crippen LogP contribution in [-0.2, 0) is 0 Å². The molecule has 0 amide bonds. The van der Waals surface area contributed by atoms with Crippen LogP contribution in [-0.4, -0.2) is 0 Å². The van der Waals surface area contributed by atoms with E-state index in [2.05, 4.69) is 194 Å². The van der Waals surface area contributed by atoms with Crippen LogP contribution in [0.1, 0.15) is 0 Å². The van der Waals surface area contributed by atoms with Crippen molar-refractivity contribution in [2.45, 2.75) is 0 Å². The lowest BCUT2D eigenvalue weighted by Gasteiger charge is -2.22. The van der Waals surface area contributed by atoms with Crippen molar-refractivity contribution < 1.29 is 4.42 Å². The third kappa shape index (κ3) is 4.83. The lowest BCUT2D eigenvalue weighted by molar-refractivity contribution is 0.669. The normalized spacial score (nSPS) is 11.9. The average molecular weight is 723 g/mol. The maximum absolute atomic E-state index is 6.21. The number of hydrogen-bond acceptors (Lipinski definition) is 1. The number of para-hydroxylation sites is 1. The smallest absolute Gasteiger partial charge is 0.135 e. The quantitative estimate of drug-likeness (QED) is 0.130. The summed E-state index contributed by atoms with van der Waals surface area (Å²) in [6, 6.07) is 75.5. The fourth-order valence-corrected chi connectivity index (χ4v) is 9.57. The standard InChI is InChI=1S/C56H34O/c1-2-14-35(15-3-1)38-29-32-49(44-21-9-6-18-41(38)44)56-47-24-11-10-23-46(47)54(50-28-26-36-16-4-5-17-40(36)55(50)56)48-31-30-39(42-19-7-8-20-43(42)48)37-27-33-53-51(34-37)45-22-12-13-25-52(45)57-53/h1-34H. The van der Waals surface area contributed by atoms with Gasteiger partial charge in [-0.05, 0) is 117 Å². The molecule has 0 aliphatic rings. The summed E-state index contributed by atoms with van der Waals surface area (Å²) in [6.07, 6.45) is 0. The molecule has 264 valence electrons. The van der Waals surface area contributed by atoms with Gasteiger partial charge in [-0.15, -0.1) is 0 Å². The highest BCUT2D eigenvalue weighted by Crippen LogP contribution is 2.50. The summed E-state index contributed by atoms with van der Waals surface area (Å²) in [6.45, 7) is 0. The summed E-state index contributed by atoms with van der Waals surface area (Å²) in [4.78, 5) is 0. The molecule has 12 rings (SSSR count). The van der Waals surface area contributed by atoms with Crippen LogP contribution in [0.4, 0.5) is 0 Å². The molecule has 1 aromatic heterocycles. The van der Waals surface area contributed by atoms with Gasteiger partial charge in [-0.25, -0.2) is 0 Å². The van der Waals surface area contributed by atoms with Crippen molar-refractivity contribution in [3.8, 4) is 44.5 Å². The van der Waals surface area contributed by atoms with Crippen LogP contribution in [0.2, 0.25) is 0 Å². The molecule has 1 heterocycles. The van der Waals surface area contributed by atoms with Crippen LogP contribution in [0.15, 0.2) is 211 Å². The highest BCUT2D eigenvalue weighted by atomic mass is 16.3. The van der Waals surface area contributed by atoms with Crippen LogP contribution in [0.5, 0.6) is 0 Å². The van der Waals surface area contributed by atoms with Gasteiger partial charge in [-0.1, -0.05) is 188 Å². The highest BCUT2D eigenvalue weighted by Gasteiger charge is 2.22. The van der Waals surface area contributed by atoms with E-state index in [-0.39, 0.29) is 0 Å². The molecule has 0 aliphatic heterocycles. The fourth-order valence-electron chi connectivity index (χ4n) is 9.57. The predicted molar refractivity (Wildman–Crippen MR) is 243 cm³/mol. The van der Waals surface area contributed by atoms with Crippen LogP contribution in [0.25, 0.3) is 120 Å². The van der Waals surface area contributed by atoms with Gasteiger partial charge < -0.3 is 4.42 Å². The highest BCUT2D eigenvalue weighted by molar-refractivity contribution is 6.31. The summed E-state index contributed by atoms with van der Waals surface area (Å²) in [5, 5.41) is 14.8. The largest absolute Gasteiger partial charge is 0.456 e. The Labute approximate surface area is 329 Å². The van der Waals surface area contributed by atoms with E-state index in [0.717, 1.165) is 21.9 Å². The van der Waals surface area contributed by atoms with Crippen LogP contribution in [0, 0.1) is 0 Å². The minimum atomic E-state index is 0.911. The Kier molecular flexibility index (Phi) is 7.00. The Morgan fingerprint density at radius 1 is 0.246 bits per heavy atom. The van der Waals surface area contributed by atoms with Crippen molar-refractivity contribution in [3.63, 3.8) is 0 Å². The molecule has 0 fully saturated rings. The van der Waals surface area contributed by atoms with Gasteiger partial charge in [0.15, 0.2) is 0 Å². The summed E-state index contributed by atoms with van der Waals surface area (Å²) in [5.41, 5.74) is 11.7. The first-order valence-corrected chi connectivity index (χ1v) is 19.7. The Balaban J connectivity index is 1.17. The van der Waals surface area contributed by atoms with Crippen molar-refractivity contribution >= 4 is 75.8 Å². The van der Waals surface area contributed by atoms with E-state index in [1.54, 1.807) is 0 Å². The molecule has 11 aromatic carbocycles. The Hall–Kier alpha value is -7.48. The zero-order valence-corrected chi connectivity index (χ0v) is 31.0. The van der Waals surface area contributed by atoms with E-state index >= 15 is 0 Å². The molecule has 0 unspecified atom stereocenters. The second kappa shape index (κ2) is 12.5. The molecule has 1 nitrogen and oxygen atoms in total. The minimum absolute atomic E-state index is 0.911. The van der Waals surface area contributed by atoms with Gasteiger partial charge in [0, 0.05) is 10.8 Å². The predicted octanol–water partition coefficient (Wildman–Crippen LogP) is 16.0. The minimum Gasteiger partial charge on any atom is -0.456 e. The molecule has 0 saturated heterocycles. The molecule has 0 atom stereocenters. The van der Waals surface area contributed by atoms with Gasteiger partial charge in [-0.3, -0.25) is 0 Å². The Morgan fingerprint density at radius 2 is 0.737 bits per heavy atom. The first-order valence-electron chi connectivity index (χ1n) is 19.7. The summed E-state index contributed by atoms with van der Waals surface area (Å²) in [7, 11) is 0. The van der Waals surface area contributed by atoms with E-state index in [4.69, 9.17) is 4.42 Å². The van der Waals surface area contributed by atoms with Gasteiger partial charge in [-0.2, -0.15) is 0 Å². The number of rotatable bonds is 4. The lowest BCUT2D eigenvalue weighted by atomic mass is 9.81. The van der Waals surface area contributed by atoms with Crippen LogP contribution < -0.4 is 0 Å². The van der Waals surface area contributed by atoms with Crippen molar-refractivity contribution in [1.82, 2.24) is 0 Å². The zero-order valence-electron chi connectivity index (χ0n) is 31.0. The molecule has 0 aliphatic carbocycles. The van der Waals surface area contributed by atoms with Gasteiger partial charge in [0.05, 0.1) is 0 Å². The fraction of sp³-hybridized carbons (Fsp3) is 0. The van der Waals surface area contributed by atoms with E-state index in [0.29, 0.717) is 0 Å². The summed E-state index contributed by atoms with van der Waals surface area (Å²) < 4.78 is 6.21. The average Bonchev–Trinajstić information content (AvgIpc) is 3.66. The van der Waals surface area contributed by atoms with Crippen molar-refractivity contribution in [1.29, 1.82) is 0 Å². The van der Waals surface area contributed by atoms with Crippen molar-refractivity contribution in [2.24, 2.45) is 0 Å². The number of fused-ring (bicyclic) bond motifs is 9. The Bertz CT molecular complexity index is 3570. The second-order valence-corrected chi connectivity index (χ2v) is 15.1. The van der Waals surface area contributed by atoms with E-state index in [1.165, 1.54) is 98.4 Å². The van der Waals surface area contributed by atoms with E-state index in [1.807, 2.05) is 12.1 Å². The van der Waals surface area contributed by atoms with Gasteiger partial charge in [0.2, 0.25) is 0 Å². The topological polar surface area (TPSA) is 13.1 Å². The first-order chi connectivity index (χ1) is 28.3. The number of hydrogen-bond donors (Lipinski definition) is 0. The number of furan rings is 1. The molecule has 0 N–H and O–H groups in total. The maximum atomic E-state index is 6.21. The zero-order chi connectivity index (χ0) is 37.5. The second-order valence-electron chi connectivity index (χ2n) is 15.1. The van der Waals surface area contributed by atoms with E-state index < -0.39 is 0 Å². The molecular weight excluding hydrogens is 689 g/mol. The molecule has 0 spiro atoms. The molecule has 12 aromatic rings. The SMILES string of the molecule is c1ccc(-c2ccc(-c3c4ccccc4c(-c4ccc(-c5ccc6oc7ccccc7c6c5)c5ccccc45)c4ccc5ccccc5c34)c3ccccc23)cc1. The van der Waals surface area contributed by atoms with E-state index in [9.17, 15) is 0 Å². The third-order valence-electron chi connectivity index (χ3n) is 12.1. The molecule has 0 bridgehead atoms. The first kappa shape index (κ1) is 31.8. The molecule has 57 heavy (non-hydrogen) atoms. The van der Waals surface area contributed by atoms with Crippen molar-refractivity contribution in [3.05, 3.63) is 206 Å². The molecule has 1 heteroatoms. The van der Waals surface area contributed by atoms with Crippen LogP contribution >= 0.6 is 0 Å². The van der Waals surface area contributed by atoms with Gasteiger partial charge >= 0.3 is 0 Å². The molecular formula is C56H34O. The summed E-state index contributed by atoms with van der Waals surface area (Å²) in [5.74, 6) is 0. The number of benzene rings is 11. The van der Waals surface area contributed by atoms with Gasteiger partial charge in [0.25, 0.3) is 0 Å². The van der Waals surface area contributed by atoms with Gasteiger partial charge in [0.1, 0.15) is 11.2 Å².